The Balaban J connectivity index is 2.23. The van der Waals surface area contributed by atoms with Gasteiger partial charge in [0, 0.05) is 26.0 Å². The lowest BCUT2D eigenvalue weighted by Crippen LogP contribution is -2.26. The molecule has 0 bridgehead atoms. The lowest BCUT2D eigenvalue weighted by atomic mass is 10.2. The van der Waals surface area contributed by atoms with Crippen LogP contribution in [0.5, 0.6) is 0 Å². The molecular weight excluding hydrogens is 244 g/mol. The zero-order valence-corrected chi connectivity index (χ0v) is 11.5. The molecule has 0 aliphatic rings. The summed E-state index contributed by atoms with van der Waals surface area (Å²) in [7, 11) is 0. The Hall–Kier alpha value is -1.66. The largest absolute Gasteiger partial charge is 0.381 e. The van der Waals surface area contributed by atoms with Crippen LogP contribution in [0.2, 0.25) is 0 Å². The molecule has 0 fully saturated rings. The van der Waals surface area contributed by atoms with Crippen LogP contribution in [-0.4, -0.2) is 30.6 Å². The van der Waals surface area contributed by atoms with Gasteiger partial charge in [0.25, 0.3) is 5.91 Å². The van der Waals surface area contributed by atoms with Crippen molar-refractivity contribution in [1.82, 2.24) is 10.3 Å². The number of hydrogen-bond donors (Lipinski definition) is 3. The number of nitrogens with one attached hydrogen (secondary N) is 2. The molecular formula is C13H22N4O2. The van der Waals surface area contributed by atoms with Gasteiger partial charge in [-0.05, 0) is 24.5 Å². The van der Waals surface area contributed by atoms with E-state index in [2.05, 4.69) is 29.6 Å². The smallest absolute Gasteiger partial charge is 0.269 e. The molecule has 1 amide bonds. The van der Waals surface area contributed by atoms with E-state index in [0.29, 0.717) is 30.5 Å². The highest BCUT2D eigenvalue weighted by Crippen LogP contribution is 2.05. The van der Waals surface area contributed by atoms with Crippen LogP contribution in [0, 0.1) is 5.92 Å². The molecule has 0 spiro atoms. The molecule has 0 saturated carbocycles. The molecule has 1 heterocycles. The molecule has 1 aromatic rings. The first-order chi connectivity index (χ1) is 9.13. The summed E-state index contributed by atoms with van der Waals surface area (Å²) in [5.41, 5.74) is 3.48. The fraction of sp³-hybridized carbons (Fsp3) is 0.538. The molecule has 0 aliphatic carbocycles. The maximum atomic E-state index is 11.8. The van der Waals surface area contributed by atoms with Gasteiger partial charge in [-0.25, -0.2) is 0 Å². The zero-order chi connectivity index (χ0) is 14.1. The predicted molar refractivity (Wildman–Crippen MR) is 74.7 cm³/mol. The molecule has 0 atom stereocenters. The van der Waals surface area contributed by atoms with Crippen LogP contribution >= 0.6 is 0 Å². The maximum absolute atomic E-state index is 11.8. The van der Waals surface area contributed by atoms with Gasteiger partial charge in [-0.1, -0.05) is 13.8 Å². The number of hydrazine groups is 1. The SMILES string of the molecule is CC(C)COCCCNC(=O)c1cc(NN)ccn1. The van der Waals surface area contributed by atoms with Crippen molar-refractivity contribution in [3.8, 4) is 0 Å². The third-order valence-corrected chi connectivity index (χ3v) is 2.36. The van der Waals surface area contributed by atoms with E-state index >= 15 is 0 Å². The minimum Gasteiger partial charge on any atom is -0.381 e. The van der Waals surface area contributed by atoms with Crippen molar-refractivity contribution in [2.45, 2.75) is 20.3 Å². The van der Waals surface area contributed by atoms with Crippen molar-refractivity contribution in [2.24, 2.45) is 11.8 Å². The molecule has 0 unspecified atom stereocenters. The number of anilines is 1. The number of nitrogen functional groups attached to an aromatic ring is 1. The molecule has 6 nitrogen and oxygen atoms in total. The second kappa shape index (κ2) is 8.44. The van der Waals surface area contributed by atoms with Crippen LogP contribution in [0.15, 0.2) is 18.3 Å². The van der Waals surface area contributed by atoms with Gasteiger partial charge in [0.05, 0.1) is 5.69 Å². The highest BCUT2D eigenvalue weighted by Gasteiger charge is 2.06. The molecule has 19 heavy (non-hydrogen) atoms. The number of pyridine rings is 1. The minimum absolute atomic E-state index is 0.207. The maximum Gasteiger partial charge on any atom is 0.269 e. The van der Waals surface area contributed by atoms with E-state index in [1.54, 1.807) is 12.1 Å². The highest BCUT2D eigenvalue weighted by atomic mass is 16.5. The van der Waals surface area contributed by atoms with Crippen molar-refractivity contribution in [2.75, 3.05) is 25.2 Å². The van der Waals surface area contributed by atoms with Crippen molar-refractivity contribution < 1.29 is 9.53 Å². The number of carbonyl (C=O) groups is 1. The predicted octanol–water partition coefficient (Wildman–Crippen LogP) is 1.16. The fourth-order valence-corrected chi connectivity index (χ4v) is 1.43. The Morgan fingerprint density at radius 3 is 3.00 bits per heavy atom. The van der Waals surface area contributed by atoms with Gasteiger partial charge < -0.3 is 15.5 Å². The van der Waals surface area contributed by atoms with Gasteiger partial charge >= 0.3 is 0 Å². The van der Waals surface area contributed by atoms with Gasteiger partial charge in [0.15, 0.2) is 0 Å². The van der Waals surface area contributed by atoms with Crippen LogP contribution in [0.25, 0.3) is 0 Å². The second-order valence-electron chi connectivity index (χ2n) is 4.65. The van der Waals surface area contributed by atoms with Crippen LogP contribution in [0.1, 0.15) is 30.8 Å². The van der Waals surface area contributed by atoms with E-state index in [4.69, 9.17) is 10.6 Å². The van der Waals surface area contributed by atoms with Gasteiger partial charge in [-0.15, -0.1) is 0 Å². The summed E-state index contributed by atoms with van der Waals surface area (Å²) in [4.78, 5) is 15.8. The van der Waals surface area contributed by atoms with E-state index < -0.39 is 0 Å². The summed E-state index contributed by atoms with van der Waals surface area (Å²) < 4.78 is 5.43. The zero-order valence-electron chi connectivity index (χ0n) is 11.5. The average Bonchev–Trinajstić information content (AvgIpc) is 2.42. The van der Waals surface area contributed by atoms with Crippen LogP contribution in [-0.2, 0) is 4.74 Å². The molecule has 1 rings (SSSR count). The molecule has 0 saturated heterocycles. The van der Waals surface area contributed by atoms with Crippen molar-refractivity contribution in [3.05, 3.63) is 24.0 Å². The van der Waals surface area contributed by atoms with Gasteiger partial charge in [-0.3, -0.25) is 15.6 Å². The average molecular weight is 266 g/mol. The molecule has 0 aliphatic heterocycles. The van der Waals surface area contributed by atoms with Crippen molar-refractivity contribution in [1.29, 1.82) is 0 Å². The van der Waals surface area contributed by atoms with E-state index in [1.165, 1.54) is 6.20 Å². The Morgan fingerprint density at radius 2 is 2.32 bits per heavy atom. The molecule has 0 aromatic carbocycles. The lowest BCUT2D eigenvalue weighted by molar-refractivity contribution is 0.0920. The second-order valence-corrected chi connectivity index (χ2v) is 4.65. The number of nitrogens with zero attached hydrogens (tertiary/aromatic N) is 1. The Morgan fingerprint density at radius 1 is 1.53 bits per heavy atom. The normalized spacial score (nSPS) is 10.5. The Kier molecular flexibility index (Phi) is 6.84. The first kappa shape index (κ1) is 15.4. The van der Waals surface area contributed by atoms with Gasteiger partial charge in [0.2, 0.25) is 0 Å². The first-order valence-corrected chi connectivity index (χ1v) is 6.42. The minimum atomic E-state index is -0.207. The summed E-state index contributed by atoms with van der Waals surface area (Å²) in [6.07, 6.45) is 2.32. The summed E-state index contributed by atoms with van der Waals surface area (Å²) in [6.45, 7) is 6.17. The van der Waals surface area contributed by atoms with E-state index in [9.17, 15) is 4.79 Å². The highest BCUT2D eigenvalue weighted by molar-refractivity contribution is 5.93. The summed E-state index contributed by atoms with van der Waals surface area (Å²) in [6, 6.07) is 3.29. The van der Waals surface area contributed by atoms with Gasteiger partial charge in [0.1, 0.15) is 5.69 Å². The first-order valence-electron chi connectivity index (χ1n) is 6.42. The molecule has 4 N–H and O–H groups in total. The monoisotopic (exact) mass is 266 g/mol. The molecule has 106 valence electrons. The number of carbonyl (C=O) groups excluding carboxylic acids is 1. The number of nitrogens with two attached hydrogens (primary N) is 1. The topological polar surface area (TPSA) is 89.3 Å². The van der Waals surface area contributed by atoms with Crippen LogP contribution in [0.4, 0.5) is 5.69 Å². The third-order valence-electron chi connectivity index (χ3n) is 2.36. The Bertz CT molecular complexity index is 396. The van der Waals surface area contributed by atoms with E-state index in [0.717, 1.165) is 13.0 Å². The van der Waals surface area contributed by atoms with E-state index in [1.807, 2.05) is 0 Å². The fourth-order valence-electron chi connectivity index (χ4n) is 1.43. The quantitative estimate of drug-likeness (QED) is 0.373. The van der Waals surface area contributed by atoms with E-state index in [-0.39, 0.29) is 5.91 Å². The summed E-state index contributed by atoms with van der Waals surface area (Å²) in [5.74, 6) is 5.60. The lowest BCUT2D eigenvalue weighted by Gasteiger charge is -2.08. The van der Waals surface area contributed by atoms with Crippen LogP contribution < -0.4 is 16.6 Å². The number of aromatic nitrogens is 1. The molecule has 6 heteroatoms. The standard InChI is InChI=1S/C13H22N4O2/c1-10(2)9-19-7-3-5-16-13(18)12-8-11(17-14)4-6-15-12/h4,6,8,10H,3,5,7,9,14H2,1-2H3,(H,15,17)(H,16,18). The molecule has 1 aromatic heterocycles. The van der Waals surface area contributed by atoms with Gasteiger partial charge in [-0.2, -0.15) is 0 Å². The van der Waals surface area contributed by atoms with Crippen molar-refractivity contribution >= 4 is 11.6 Å². The Labute approximate surface area is 113 Å². The number of hydrogen-bond acceptors (Lipinski definition) is 5. The van der Waals surface area contributed by atoms with Crippen molar-refractivity contribution in [3.63, 3.8) is 0 Å². The van der Waals surface area contributed by atoms with Crippen LogP contribution in [0.3, 0.4) is 0 Å². The summed E-state index contributed by atoms with van der Waals surface area (Å²) in [5, 5.41) is 2.79. The summed E-state index contributed by atoms with van der Waals surface area (Å²) >= 11 is 0. The number of amides is 1. The third kappa shape index (κ3) is 6.17. The number of rotatable bonds is 8. The number of ether oxygens (including phenoxy) is 1. The molecule has 0 radical (unpaired) electrons.